The molecule has 0 saturated heterocycles. The fourth-order valence-electron chi connectivity index (χ4n) is 2.43. The molecule has 19 heavy (non-hydrogen) atoms. The molecule has 0 atom stereocenters. The molecule has 1 rings (SSSR count). The Morgan fingerprint density at radius 3 is 2.21 bits per heavy atom. The van der Waals surface area contributed by atoms with Gasteiger partial charge in [-0.2, -0.15) is 0 Å². The second-order valence-electron chi connectivity index (χ2n) is 5.84. The van der Waals surface area contributed by atoms with Gasteiger partial charge in [0.15, 0.2) is 5.78 Å². The fourth-order valence-corrected chi connectivity index (χ4v) is 2.43. The third-order valence-electron chi connectivity index (χ3n) is 3.27. The minimum atomic E-state index is 0.258. The number of hydrogen-bond donors (Lipinski definition) is 0. The molecule has 0 aliphatic heterocycles. The first-order valence-electron chi connectivity index (χ1n) is 7.26. The summed E-state index contributed by atoms with van der Waals surface area (Å²) in [5.74, 6) is 0.908. The number of Topliss-reactive ketones (excluding diaryl/α,β-unsaturated/α-hetero) is 1. The van der Waals surface area contributed by atoms with Crippen LogP contribution in [0.25, 0.3) is 0 Å². The largest absolute Gasteiger partial charge is 0.303 e. The van der Waals surface area contributed by atoms with Gasteiger partial charge in [-0.15, -0.1) is 0 Å². The molecule has 0 fully saturated rings. The van der Waals surface area contributed by atoms with E-state index in [-0.39, 0.29) is 5.78 Å². The summed E-state index contributed by atoms with van der Waals surface area (Å²) in [6, 6.07) is 6.09. The lowest BCUT2D eigenvalue weighted by Crippen LogP contribution is -2.29. The smallest absolute Gasteiger partial charge is 0.164 e. The van der Waals surface area contributed by atoms with E-state index < -0.39 is 0 Å². The zero-order chi connectivity index (χ0) is 14.4. The maximum atomic E-state index is 12.2. The van der Waals surface area contributed by atoms with E-state index in [1.165, 1.54) is 0 Å². The summed E-state index contributed by atoms with van der Waals surface area (Å²) in [5.41, 5.74) is 3.19. The predicted molar refractivity (Wildman–Crippen MR) is 81.8 cm³/mol. The van der Waals surface area contributed by atoms with Gasteiger partial charge in [0.25, 0.3) is 0 Å². The van der Waals surface area contributed by atoms with E-state index in [4.69, 9.17) is 0 Å². The minimum absolute atomic E-state index is 0.258. The topological polar surface area (TPSA) is 20.3 Å². The quantitative estimate of drug-likeness (QED) is 0.695. The molecule has 2 heteroatoms. The molecule has 0 aliphatic rings. The molecule has 0 radical (unpaired) electrons. The Bertz CT molecular complexity index is 403. The van der Waals surface area contributed by atoms with Crippen molar-refractivity contribution < 1.29 is 4.79 Å². The summed E-state index contributed by atoms with van der Waals surface area (Å²) in [6.45, 7) is 13.6. The lowest BCUT2D eigenvalue weighted by atomic mass is 10.0. The predicted octanol–water partition coefficient (Wildman–Crippen LogP) is 3.85. The highest BCUT2D eigenvalue weighted by Gasteiger charge is 2.10. The molecule has 106 valence electrons. The van der Waals surface area contributed by atoms with Gasteiger partial charge in [0.05, 0.1) is 0 Å². The van der Waals surface area contributed by atoms with Gasteiger partial charge in [-0.1, -0.05) is 38.0 Å². The summed E-state index contributed by atoms with van der Waals surface area (Å²) in [6.07, 6.45) is 0.615. The van der Waals surface area contributed by atoms with Crippen molar-refractivity contribution in [3.8, 4) is 0 Å². The Kier molecular flexibility index (Phi) is 6.23. The summed E-state index contributed by atoms with van der Waals surface area (Å²) in [4.78, 5) is 14.6. The molecule has 1 aromatic rings. The standard InChI is InChI=1S/C17H27NO/c1-6-18(12-13(2)3)8-7-17(19)16-10-14(4)9-15(5)11-16/h9-11,13H,6-8,12H2,1-5H3. The molecule has 0 aliphatic carbocycles. The molecule has 0 aromatic heterocycles. The van der Waals surface area contributed by atoms with Gasteiger partial charge in [-0.3, -0.25) is 4.79 Å². The van der Waals surface area contributed by atoms with Gasteiger partial charge in [-0.05, 0) is 38.4 Å². The van der Waals surface area contributed by atoms with Crippen LogP contribution < -0.4 is 0 Å². The van der Waals surface area contributed by atoms with Gasteiger partial charge < -0.3 is 4.90 Å². The Labute approximate surface area is 117 Å². The molecular formula is C17H27NO. The highest BCUT2D eigenvalue weighted by Crippen LogP contribution is 2.11. The normalized spacial score (nSPS) is 11.3. The third kappa shape index (κ3) is 5.56. The Morgan fingerprint density at radius 1 is 1.16 bits per heavy atom. The lowest BCUT2D eigenvalue weighted by molar-refractivity contribution is 0.0962. The fraction of sp³-hybridized carbons (Fsp3) is 0.588. The van der Waals surface area contributed by atoms with Crippen LogP contribution in [0.5, 0.6) is 0 Å². The molecule has 0 amide bonds. The molecule has 0 saturated carbocycles. The summed E-state index contributed by atoms with van der Waals surface area (Å²) < 4.78 is 0. The SMILES string of the molecule is CCN(CCC(=O)c1cc(C)cc(C)c1)CC(C)C. The van der Waals surface area contributed by atoms with Crippen LogP contribution in [0.2, 0.25) is 0 Å². The number of carbonyl (C=O) groups is 1. The maximum absolute atomic E-state index is 12.2. The second-order valence-corrected chi connectivity index (χ2v) is 5.84. The highest BCUT2D eigenvalue weighted by atomic mass is 16.1. The third-order valence-corrected chi connectivity index (χ3v) is 3.27. The molecule has 2 nitrogen and oxygen atoms in total. The Hall–Kier alpha value is -1.15. The number of rotatable bonds is 7. The Balaban J connectivity index is 2.59. The van der Waals surface area contributed by atoms with Crippen molar-refractivity contribution in [1.29, 1.82) is 0 Å². The first-order valence-corrected chi connectivity index (χ1v) is 7.26. The van der Waals surface area contributed by atoms with Crippen molar-refractivity contribution in [1.82, 2.24) is 4.90 Å². The van der Waals surface area contributed by atoms with E-state index in [1.54, 1.807) is 0 Å². The van der Waals surface area contributed by atoms with Crippen LogP contribution in [0.3, 0.4) is 0 Å². The molecule has 0 N–H and O–H groups in total. The molecule has 0 bridgehead atoms. The number of ketones is 1. The van der Waals surface area contributed by atoms with Gasteiger partial charge in [0.2, 0.25) is 0 Å². The van der Waals surface area contributed by atoms with E-state index in [1.807, 2.05) is 26.0 Å². The van der Waals surface area contributed by atoms with E-state index in [0.717, 1.165) is 36.3 Å². The first kappa shape index (κ1) is 15.9. The molecule has 1 aromatic carbocycles. The number of nitrogens with zero attached hydrogens (tertiary/aromatic N) is 1. The summed E-state index contributed by atoms with van der Waals surface area (Å²) >= 11 is 0. The number of hydrogen-bond acceptors (Lipinski definition) is 2. The van der Waals surface area contributed by atoms with Crippen LogP contribution in [0, 0.1) is 19.8 Å². The monoisotopic (exact) mass is 261 g/mol. The van der Waals surface area contributed by atoms with Crippen molar-refractivity contribution >= 4 is 5.78 Å². The van der Waals surface area contributed by atoms with Crippen LogP contribution in [0.15, 0.2) is 18.2 Å². The van der Waals surface area contributed by atoms with Crippen molar-refractivity contribution in [2.45, 2.75) is 41.0 Å². The molecule has 0 unspecified atom stereocenters. The van der Waals surface area contributed by atoms with E-state index >= 15 is 0 Å². The summed E-state index contributed by atoms with van der Waals surface area (Å²) in [7, 11) is 0. The number of aryl methyl sites for hydroxylation is 2. The van der Waals surface area contributed by atoms with Crippen LogP contribution in [0.1, 0.15) is 48.7 Å². The van der Waals surface area contributed by atoms with Crippen LogP contribution in [-0.2, 0) is 0 Å². The van der Waals surface area contributed by atoms with Crippen LogP contribution >= 0.6 is 0 Å². The lowest BCUT2D eigenvalue weighted by Gasteiger charge is -2.22. The van der Waals surface area contributed by atoms with Crippen molar-refractivity contribution in [2.24, 2.45) is 5.92 Å². The van der Waals surface area contributed by atoms with Gasteiger partial charge in [-0.25, -0.2) is 0 Å². The molecule has 0 heterocycles. The highest BCUT2D eigenvalue weighted by molar-refractivity contribution is 5.96. The van der Waals surface area contributed by atoms with Crippen molar-refractivity contribution in [3.63, 3.8) is 0 Å². The molecular weight excluding hydrogens is 234 g/mol. The minimum Gasteiger partial charge on any atom is -0.303 e. The maximum Gasteiger partial charge on any atom is 0.164 e. The van der Waals surface area contributed by atoms with Crippen LogP contribution in [0.4, 0.5) is 0 Å². The van der Waals surface area contributed by atoms with Crippen molar-refractivity contribution in [3.05, 3.63) is 34.9 Å². The first-order chi connectivity index (χ1) is 8.92. The second kappa shape index (κ2) is 7.44. The van der Waals surface area contributed by atoms with Crippen LogP contribution in [-0.4, -0.2) is 30.3 Å². The number of carbonyl (C=O) groups excluding carboxylic acids is 1. The van der Waals surface area contributed by atoms with E-state index in [2.05, 4.69) is 31.7 Å². The zero-order valence-corrected chi connectivity index (χ0v) is 13.0. The van der Waals surface area contributed by atoms with E-state index in [9.17, 15) is 4.79 Å². The van der Waals surface area contributed by atoms with Gasteiger partial charge in [0, 0.05) is 25.1 Å². The van der Waals surface area contributed by atoms with Gasteiger partial charge in [0.1, 0.15) is 0 Å². The zero-order valence-electron chi connectivity index (χ0n) is 13.0. The Morgan fingerprint density at radius 2 is 1.74 bits per heavy atom. The van der Waals surface area contributed by atoms with Gasteiger partial charge >= 0.3 is 0 Å². The van der Waals surface area contributed by atoms with E-state index in [0.29, 0.717) is 12.3 Å². The average molecular weight is 261 g/mol. The average Bonchev–Trinajstić information content (AvgIpc) is 2.32. The van der Waals surface area contributed by atoms with Crippen molar-refractivity contribution in [2.75, 3.05) is 19.6 Å². The summed E-state index contributed by atoms with van der Waals surface area (Å²) in [5, 5.41) is 0. The number of benzene rings is 1. The molecule has 0 spiro atoms.